The fraction of sp³-hybridized carbons (Fsp3) is 0.462. The second-order valence-corrected chi connectivity index (χ2v) is 9.60. The summed E-state index contributed by atoms with van der Waals surface area (Å²) in [6.07, 6.45) is 7.01. The van der Waals surface area contributed by atoms with Crippen LogP contribution in [0.5, 0.6) is 5.75 Å². The highest BCUT2D eigenvalue weighted by atomic mass is 32.1. The van der Waals surface area contributed by atoms with Crippen LogP contribution >= 0.6 is 11.3 Å². The molecule has 170 valence electrons. The Bertz CT molecular complexity index is 1060. The van der Waals surface area contributed by atoms with Gasteiger partial charge in [0, 0.05) is 28.7 Å². The van der Waals surface area contributed by atoms with Crippen LogP contribution in [-0.4, -0.2) is 28.6 Å². The van der Waals surface area contributed by atoms with Crippen LogP contribution in [0.4, 0.5) is 0 Å². The number of carbonyl (C=O) groups excluding carboxylic acids is 1. The van der Waals surface area contributed by atoms with Crippen LogP contribution in [0.3, 0.4) is 0 Å². The number of hydrogen-bond donors (Lipinski definition) is 1. The molecular formula is C26H33N3O2S. The summed E-state index contributed by atoms with van der Waals surface area (Å²) in [5.74, 6) is 0.850. The van der Waals surface area contributed by atoms with Crippen molar-refractivity contribution in [3.05, 3.63) is 47.0 Å². The third-order valence-electron chi connectivity index (χ3n) is 6.57. The minimum atomic E-state index is 0.0123. The molecule has 3 aromatic rings. The van der Waals surface area contributed by atoms with Crippen molar-refractivity contribution in [1.82, 2.24) is 14.9 Å². The first-order valence-electron chi connectivity index (χ1n) is 11.6. The molecule has 6 heteroatoms. The maximum Gasteiger partial charge on any atom is 0.253 e. The minimum Gasteiger partial charge on any atom is -0.497 e. The highest BCUT2D eigenvalue weighted by Crippen LogP contribution is 2.38. The van der Waals surface area contributed by atoms with Gasteiger partial charge in [0.05, 0.1) is 24.1 Å². The van der Waals surface area contributed by atoms with Crippen LogP contribution < -0.4 is 10.1 Å². The van der Waals surface area contributed by atoms with Gasteiger partial charge < -0.3 is 14.6 Å². The van der Waals surface area contributed by atoms with Crippen molar-refractivity contribution in [3.8, 4) is 27.7 Å². The Hall–Kier alpha value is -2.60. The van der Waals surface area contributed by atoms with Gasteiger partial charge in [0.1, 0.15) is 10.8 Å². The Kier molecular flexibility index (Phi) is 6.99. The van der Waals surface area contributed by atoms with Gasteiger partial charge in [-0.15, -0.1) is 11.3 Å². The van der Waals surface area contributed by atoms with E-state index in [-0.39, 0.29) is 11.9 Å². The highest BCUT2D eigenvalue weighted by molar-refractivity contribution is 7.13. The Balaban J connectivity index is 1.72. The molecule has 1 N–H and O–H groups in total. The lowest BCUT2D eigenvalue weighted by Gasteiger charge is -2.27. The van der Waals surface area contributed by atoms with E-state index in [1.165, 1.54) is 19.3 Å². The molecule has 5 nitrogen and oxygen atoms in total. The van der Waals surface area contributed by atoms with Gasteiger partial charge in [0.2, 0.25) is 0 Å². The second-order valence-electron chi connectivity index (χ2n) is 8.74. The fourth-order valence-corrected chi connectivity index (χ4v) is 5.34. The van der Waals surface area contributed by atoms with Crippen LogP contribution in [0.25, 0.3) is 22.0 Å². The second kappa shape index (κ2) is 9.90. The van der Waals surface area contributed by atoms with Gasteiger partial charge in [-0.25, -0.2) is 4.98 Å². The number of ether oxygens (including phenoxy) is 1. The van der Waals surface area contributed by atoms with Gasteiger partial charge in [0.25, 0.3) is 5.91 Å². The van der Waals surface area contributed by atoms with E-state index >= 15 is 0 Å². The van der Waals surface area contributed by atoms with Gasteiger partial charge in [-0.1, -0.05) is 26.2 Å². The Morgan fingerprint density at radius 2 is 1.97 bits per heavy atom. The number of nitrogens with one attached hydrogen (secondary N) is 1. The first kappa shape index (κ1) is 22.6. The largest absolute Gasteiger partial charge is 0.497 e. The summed E-state index contributed by atoms with van der Waals surface area (Å²) in [4.78, 5) is 18.0. The molecule has 1 unspecified atom stereocenters. The van der Waals surface area contributed by atoms with Crippen LogP contribution in [-0.2, 0) is 0 Å². The van der Waals surface area contributed by atoms with Crippen LogP contribution in [0.2, 0.25) is 0 Å². The zero-order valence-corrected chi connectivity index (χ0v) is 20.3. The summed E-state index contributed by atoms with van der Waals surface area (Å²) in [6.45, 7) is 6.22. The molecule has 0 radical (unpaired) electrons. The van der Waals surface area contributed by atoms with E-state index in [9.17, 15) is 4.79 Å². The lowest BCUT2D eigenvalue weighted by atomic mass is 9.95. The van der Waals surface area contributed by atoms with Crippen molar-refractivity contribution in [1.29, 1.82) is 0 Å². The quantitative estimate of drug-likeness (QED) is 0.439. The lowest BCUT2D eigenvalue weighted by molar-refractivity contribution is 0.0938. The molecule has 1 aromatic carbocycles. The first-order valence-corrected chi connectivity index (χ1v) is 12.5. The van der Waals surface area contributed by atoms with Gasteiger partial charge in [-0.2, -0.15) is 0 Å². The molecule has 2 aromatic heterocycles. The van der Waals surface area contributed by atoms with Crippen molar-refractivity contribution in [2.45, 2.75) is 71.4 Å². The monoisotopic (exact) mass is 451 g/mol. The van der Waals surface area contributed by atoms with Crippen LogP contribution in [0.1, 0.15) is 74.5 Å². The van der Waals surface area contributed by atoms with E-state index in [1.54, 1.807) is 18.4 Å². The maximum absolute atomic E-state index is 13.0. The molecule has 1 aliphatic rings. The third kappa shape index (κ3) is 4.60. The Morgan fingerprint density at radius 1 is 1.25 bits per heavy atom. The minimum absolute atomic E-state index is 0.0123. The standard InChI is InChI=1S/C26H33N3O2S/c1-5-17(2)27-25(30)22-15-24(29(18(22)3)20-9-7-6-8-10-20)23-16-32-26(28-23)19-11-13-21(31-4)14-12-19/h11-17,20H,5-10H2,1-4H3,(H,27,30). The van der Waals surface area contributed by atoms with Gasteiger partial charge >= 0.3 is 0 Å². The topological polar surface area (TPSA) is 56.1 Å². The zero-order chi connectivity index (χ0) is 22.7. The lowest BCUT2D eigenvalue weighted by Crippen LogP contribution is -2.32. The van der Waals surface area contributed by atoms with E-state index < -0.39 is 0 Å². The number of amides is 1. The van der Waals surface area contributed by atoms with Crippen molar-refractivity contribution in [3.63, 3.8) is 0 Å². The molecule has 0 saturated heterocycles. The summed E-state index contributed by atoms with van der Waals surface area (Å²) in [7, 11) is 1.67. The number of thiazole rings is 1. The maximum atomic E-state index is 13.0. The number of rotatable bonds is 7. The van der Waals surface area contributed by atoms with Gasteiger partial charge in [-0.05, 0) is 63.4 Å². The summed E-state index contributed by atoms with van der Waals surface area (Å²) < 4.78 is 7.66. The molecule has 0 bridgehead atoms. The van der Waals surface area contributed by atoms with Gasteiger partial charge in [0.15, 0.2) is 0 Å². The molecule has 0 aliphatic heterocycles. The third-order valence-corrected chi connectivity index (χ3v) is 7.46. The molecule has 2 heterocycles. The average molecular weight is 452 g/mol. The molecule has 1 fully saturated rings. The van der Waals surface area contributed by atoms with E-state index in [1.807, 2.05) is 31.2 Å². The summed E-state index contributed by atoms with van der Waals surface area (Å²) >= 11 is 1.64. The number of carbonyl (C=O) groups is 1. The van der Waals surface area contributed by atoms with Crippen molar-refractivity contribution in [2.75, 3.05) is 7.11 Å². The van der Waals surface area contributed by atoms with Crippen molar-refractivity contribution < 1.29 is 9.53 Å². The normalized spacial score (nSPS) is 15.5. The summed E-state index contributed by atoms with van der Waals surface area (Å²) in [5, 5.41) is 6.23. The molecule has 32 heavy (non-hydrogen) atoms. The van der Waals surface area contributed by atoms with E-state index in [0.717, 1.165) is 58.2 Å². The fourth-order valence-electron chi connectivity index (χ4n) is 4.52. The average Bonchev–Trinajstić information content (AvgIpc) is 3.44. The summed E-state index contributed by atoms with van der Waals surface area (Å²) in [6, 6.07) is 10.6. The summed E-state index contributed by atoms with van der Waals surface area (Å²) in [5.41, 5.74) is 4.89. The van der Waals surface area contributed by atoms with Gasteiger partial charge in [-0.3, -0.25) is 4.79 Å². The molecule has 0 spiro atoms. The molecule has 1 atom stereocenters. The van der Waals surface area contributed by atoms with E-state index in [2.05, 4.69) is 35.2 Å². The van der Waals surface area contributed by atoms with E-state index in [0.29, 0.717) is 6.04 Å². The first-order chi connectivity index (χ1) is 15.5. The Morgan fingerprint density at radius 3 is 2.62 bits per heavy atom. The molecule has 1 aliphatic carbocycles. The Labute approximate surface area is 194 Å². The predicted molar refractivity (Wildman–Crippen MR) is 132 cm³/mol. The number of hydrogen-bond acceptors (Lipinski definition) is 4. The number of methoxy groups -OCH3 is 1. The van der Waals surface area contributed by atoms with Crippen LogP contribution in [0.15, 0.2) is 35.7 Å². The molecule has 4 rings (SSSR count). The number of nitrogens with zero attached hydrogens (tertiary/aromatic N) is 2. The molecule has 1 amide bonds. The van der Waals surface area contributed by atoms with E-state index in [4.69, 9.17) is 9.72 Å². The van der Waals surface area contributed by atoms with Crippen molar-refractivity contribution >= 4 is 17.2 Å². The van der Waals surface area contributed by atoms with Crippen molar-refractivity contribution in [2.24, 2.45) is 0 Å². The molecule has 1 saturated carbocycles. The smallest absolute Gasteiger partial charge is 0.253 e. The number of benzene rings is 1. The highest BCUT2D eigenvalue weighted by Gasteiger charge is 2.26. The zero-order valence-electron chi connectivity index (χ0n) is 19.5. The SMILES string of the molecule is CCC(C)NC(=O)c1cc(-c2csc(-c3ccc(OC)cc3)n2)n(C2CCCCC2)c1C. The molecular weight excluding hydrogens is 418 g/mol. The number of aromatic nitrogens is 2. The predicted octanol–water partition coefficient (Wildman–Crippen LogP) is 6.63. The van der Waals surface area contributed by atoms with Crippen LogP contribution in [0, 0.1) is 6.92 Å².